The van der Waals surface area contributed by atoms with E-state index in [1.165, 1.54) is 28.6 Å². The van der Waals surface area contributed by atoms with Gasteiger partial charge in [-0.05, 0) is 48.0 Å². The number of tetrazole rings is 1. The molecule has 0 atom stereocenters. The molecule has 0 fully saturated rings. The second kappa shape index (κ2) is 7.18. The molecular weight excluding hydrogens is 341 g/mol. The summed E-state index contributed by atoms with van der Waals surface area (Å²) in [6.45, 7) is 4.50. The lowest BCUT2D eigenvalue weighted by Crippen LogP contribution is -2.08. The molecule has 0 saturated heterocycles. The lowest BCUT2D eigenvalue weighted by molar-refractivity contribution is 0.102. The van der Waals surface area contributed by atoms with Gasteiger partial charge in [0.1, 0.15) is 5.82 Å². The van der Waals surface area contributed by atoms with Gasteiger partial charge in [0.15, 0.2) is 5.78 Å². The van der Waals surface area contributed by atoms with Gasteiger partial charge >= 0.3 is 0 Å². The van der Waals surface area contributed by atoms with Crippen LogP contribution in [0.5, 0.6) is 0 Å². The number of hydrogen-bond acceptors (Lipinski definition) is 5. The highest BCUT2D eigenvalue weighted by molar-refractivity contribution is 7.99. The number of carbonyl (C=O) groups excluding carboxylic acids is 1. The molecule has 0 unspecified atom stereocenters. The summed E-state index contributed by atoms with van der Waals surface area (Å²) in [5, 5.41) is 11.8. The van der Waals surface area contributed by atoms with E-state index in [1.807, 2.05) is 19.9 Å². The smallest absolute Gasteiger partial charge is 0.209 e. The van der Waals surface area contributed by atoms with Crippen molar-refractivity contribution in [1.29, 1.82) is 0 Å². The zero-order valence-corrected chi connectivity index (χ0v) is 15.0. The molecule has 0 radical (unpaired) electrons. The van der Waals surface area contributed by atoms with Crippen LogP contribution in [0.3, 0.4) is 0 Å². The maximum atomic E-state index is 13.1. The first-order valence-electron chi connectivity index (χ1n) is 7.75. The normalized spacial score (nSPS) is 11.0. The van der Waals surface area contributed by atoms with E-state index in [1.54, 1.807) is 19.2 Å². The number of benzene rings is 1. The van der Waals surface area contributed by atoms with Gasteiger partial charge in [0.25, 0.3) is 0 Å². The standard InChI is InChI=1S/C17H18FN5OS/c1-11-8-15(16(24)10-25-17-19-20-21-22(17)3)12(2)23(11)9-13-4-6-14(18)7-5-13/h4-8H,9-10H2,1-3H3. The van der Waals surface area contributed by atoms with Gasteiger partial charge in [-0.15, -0.1) is 5.10 Å². The third-order valence-corrected chi connectivity index (χ3v) is 5.05. The van der Waals surface area contributed by atoms with Crippen LogP contribution in [0.15, 0.2) is 35.5 Å². The van der Waals surface area contributed by atoms with Crippen molar-refractivity contribution in [1.82, 2.24) is 24.8 Å². The Balaban J connectivity index is 1.75. The molecule has 3 aromatic rings. The summed E-state index contributed by atoms with van der Waals surface area (Å²) in [4.78, 5) is 12.6. The number of ketones is 1. The zero-order valence-electron chi connectivity index (χ0n) is 14.2. The molecule has 0 spiro atoms. The van der Waals surface area contributed by atoms with Gasteiger partial charge in [-0.2, -0.15) is 0 Å². The first-order chi connectivity index (χ1) is 12.0. The number of Topliss-reactive ketones (excluding diaryl/α,β-unsaturated/α-hetero) is 1. The molecule has 3 rings (SSSR count). The predicted octanol–water partition coefficient (Wildman–Crippen LogP) is 2.79. The summed E-state index contributed by atoms with van der Waals surface area (Å²) in [6, 6.07) is 8.30. The number of thioether (sulfide) groups is 1. The Hall–Kier alpha value is -2.48. The van der Waals surface area contributed by atoms with Crippen molar-refractivity contribution < 1.29 is 9.18 Å². The quantitative estimate of drug-likeness (QED) is 0.500. The van der Waals surface area contributed by atoms with E-state index in [-0.39, 0.29) is 17.4 Å². The highest BCUT2D eigenvalue weighted by atomic mass is 32.2. The predicted molar refractivity (Wildman–Crippen MR) is 93.3 cm³/mol. The van der Waals surface area contributed by atoms with Gasteiger partial charge in [-0.1, -0.05) is 23.9 Å². The van der Waals surface area contributed by atoms with E-state index < -0.39 is 0 Å². The van der Waals surface area contributed by atoms with Crippen molar-refractivity contribution in [2.45, 2.75) is 25.5 Å². The fourth-order valence-corrected chi connectivity index (χ4v) is 3.38. The number of nitrogens with zero attached hydrogens (tertiary/aromatic N) is 5. The van der Waals surface area contributed by atoms with Crippen molar-refractivity contribution in [3.63, 3.8) is 0 Å². The first kappa shape index (κ1) is 17.3. The maximum Gasteiger partial charge on any atom is 0.209 e. The van der Waals surface area contributed by atoms with E-state index >= 15 is 0 Å². The van der Waals surface area contributed by atoms with Crippen LogP contribution in [0.1, 0.15) is 27.3 Å². The van der Waals surface area contributed by atoms with Gasteiger partial charge in [-0.25, -0.2) is 9.07 Å². The largest absolute Gasteiger partial charge is 0.344 e. The molecule has 0 saturated carbocycles. The van der Waals surface area contributed by atoms with Gasteiger partial charge in [-0.3, -0.25) is 4.79 Å². The lowest BCUT2D eigenvalue weighted by Gasteiger charge is -2.10. The van der Waals surface area contributed by atoms with E-state index in [2.05, 4.69) is 20.1 Å². The van der Waals surface area contributed by atoms with Crippen LogP contribution < -0.4 is 0 Å². The van der Waals surface area contributed by atoms with Crippen LogP contribution in [0, 0.1) is 19.7 Å². The minimum absolute atomic E-state index is 0.0338. The fraction of sp³-hybridized carbons (Fsp3) is 0.294. The summed E-state index contributed by atoms with van der Waals surface area (Å²) in [5.74, 6) is 0.0528. The number of rotatable bonds is 6. The molecule has 0 amide bonds. The highest BCUT2D eigenvalue weighted by Crippen LogP contribution is 2.21. The van der Waals surface area contributed by atoms with Gasteiger partial charge in [0.05, 0.1) is 5.75 Å². The number of aryl methyl sites for hydroxylation is 2. The van der Waals surface area contributed by atoms with Gasteiger partial charge in [0, 0.05) is 30.5 Å². The van der Waals surface area contributed by atoms with Crippen molar-refractivity contribution >= 4 is 17.5 Å². The van der Waals surface area contributed by atoms with Gasteiger partial charge < -0.3 is 4.57 Å². The Morgan fingerprint density at radius 2 is 1.96 bits per heavy atom. The Labute approximate surface area is 149 Å². The molecule has 130 valence electrons. The van der Waals surface area contributed by atoms with E-state index in [0.29, 0.717) is 17.3 Å². The third-order valence-electron chi connectivity index (χ3n) is 4.04. The topological polar surface area (TPSA) is 65.6 Å². The van der Waals surface area contributed by atoms with Crippen LogP contribution >= 0.6 is 11.8 Å². The van der Waals surface area contributed by atoms with Crippen molar-refractivity contribution in [3.8, 4) is 0 Å². The third kappa shape index (κ3) is 3.79. The van der Waals surface area contributed by atoms with Crippen molar-refractivity contribution in [2.24, 2.45) is 7.05 Å². The minimum atomic E-state index is -0.254. The summed E-state index contributed by atoms with van der Waals surface area (Å²) in [5.41, 5.74) is 3.59. The van der Waals surface area contributed by atoms with Crippen LogP contribution in [-0.4, -0.2) is 36.3 Å². The molecule has 0 bridgehead atoms. The molecule has 0 aliphatic heterocycles. The molecule has 0 N–H and O–H groups in total. The maximum absolute atomic E-state index is 13.1. The minimum Gasteiger partial charge on any atom is -0.344 e. The highest BCUT2D eigenvalue weighted by Gasteiger charge is 2.17. The molecule has 8 heteroatoms. The first-order valence-corrected chi connectivity index (χ1v) is 8.74. The molecule has 6 nitrogen and oxygen atoms in total. The zero-order chi connectivity index (χ0) is 18.0. The van der Waals surface area contributed by atoms with E-state index in [9.17, 15) is 9.18 Å². The van der Waals surface area contributed by atoms with Crippen LogP contribution in [0.25, 0.3) is 0 Å². The molecular formula is C17H18FN5OS. The molecule has 25 heavy (non-hydrogen) atoms. The van der Waals surface area contributed by atoms with Crippen molar-refractivity contribution in [3.05, 3.63) is 58.7 Å². The van der Waals surface area contributed by atoms with Crippen LogP contribution in [0.4, 0.5) is 4.39 Å². The summed E-state index contributed by atoms with van der Waals surface area (Å²) < 4.78 is 16.7. The van der Waals surface area contributed by atoms with Crippen LogP contribution in [0.2, 0.25) is 0 Å². The monoisotopic (exact) mass is 359 g/mol. The molecule has 1 aromatic carbocycles. The van der Waals surface area contributed by atoms with E-state index in [4.69, 9.17) is 0 Å². The number of hydrogen-bond donors (Lipinski definition) is 0. The summed E-state index contributed by atoms with van der Waals surface area (Å²) in [7, 11) is 1.74. The fourth-order valence-electron chi connectivity index (χ4n) is 2.65. The second-order valence-electron chi connectivity index (χ2n) is 5.79. The second-order valence-corrected chi connectivity index (χ2v) is 6.74. The molecule has 2 heterocycles. The lowest BCUT2D eigenvalue weighted by atomic mass is 10.2. The summed E-state index contributed by atoms with van der Waals surface area (Å²) in [6.07, 6.45) is 0. The molecule has 2 aromatic heterocycles. The van der Waals surface area contributed by atoms with E-state index in [0.717, 1.165) is 17.0 Å². The van der Waals surface area contributed by atoms with Crippen molar-refractivity contribution in [2.75, 3.05) is 5.75 Å². The average molecular weight is 359 g/mol. The average Bonchev–Trinajstić information content (AvgIpc) is 3.12. The SMILES string of the molecule is Cc1cc(C(=O)CSc2nnnn2C)c(C)n1Cc1ccc(F)cc1. The molecule has 0 aliphatic rings. The number of carbonyl (C=O) groups is 1. The number of halogens is 1. The Kier molecular flexibility index (Phi) is 4.98. The molecule has 0 aliphatic carbocycles. The number of aromatic nitrogens is 5. The Morgan fingerprint density at radius 3 is 2.60 bits per heavy atom. The van der Waals surface area contributed by atoms with Gasteiger partial charge in [0.2, 0.25) is 5.16 Å². The Morgan fingerprint density at radius 1 is 1.24 bits per heavy atom. The summed E-state index contributed by atoms with van der Waals surface area (Å²) >= 11 is 1.31. The Bertz CT molecular complexity index is 900. The van der Waals surface area contributed by atoms with Crippen LogP contribution in [-0.2, 0) is 13.6 Å².